The molecule has 0 spiro atoms. The predicted molar refractivity (Wildman–Crippen MR) is 76.9 cm³/mol. The molecule has 0 bridgehead atoms. The number of hydrogen-bond donors (Lipinski definition) is 1. The van der Waals surface area contributed by atoms with E-state index in [4.69, 9.17) is 14.2 Å². The zero-order chi connectivity index (χ0) is 13.8. The van der Waals surface area contributed by atoms with E-state index in [2.05, 4.69) is 11.4 Å². The largest absolute Gasteiger partial charge is 0.496 e. The van der Waals surface area contributed by atoms with Crippen LogP contribution in [0.2, 0.25) is 0 Å². The Bertz CT molecular complexity index is 331. The summed E-state index contributed by atoms with van der Waals surface area (Å²) in [5.41, 5.74) is 1.23. The first-order valence-electron chi connectivity index (χ1n) is 6.77. The van der Waals surface area contributed by atoms with Crippen LogP contribution in [-0.2, 0) is 15.9 Å². The van der Waals surface area contributed by atoms with E-state index in [0.29, 0.717) is 0 Å². The fourth-order valence-electron chi connectivity index (χ4n) is 1.81. The topological polar surface area (TPSA) is 39.7 Å². The molecule has 1 aromatic rings. The van der Waals surface area contributed by atoms with Crippen molar-refractivity contribution in [1.82, 2.24) is 5.32 Å². The van der Waals surface area contributed by atoms with Crippen LogP contribution in [0.5, 0.6) is 5.75 Å². The molecule has 1 N–H and O–H groups in total. The van der Waals surface area contributed by atoms with Crippen molar-refractivity contribution in [2.24, 2.45) is 0 Å². The van der Waals surface area contributed by atoms with Gasteiger partial charge in [0.25, 0.3) is 0 Å². The van der Waals surface area contributed by atoms with Crippen LogP contribution in [0.4, 0.5) is 0 Å². The summed E-state index contributed by atoms with van der Waals surface area (Å²) < 4.78 is 15.7. The third-order valence-electron chi connectivity index (χ3n) is 2.82. The van der Waals surface area contributed by atoms with Gasteiger partial charge in [0.2, 0.25) is 0 Å². The summed E-state index contributed by atoms with van der Waals surface area (Å²) in [7, 11) is 3.42. The molecule has 108 valence electrons. The minimum Gasteiger partial charge on any atom is -0.496 e. The first-order valence-corrected chi connectivity index (χ1v) is 6.77. The maximum atomic E-state index is 5.47. The van der Waals surface area contributed by atoms with E-state index in [-0.39, 0.29) is 0 Å². The van der Waals surface area contributed by atoms with Gasteiger partial charge in [0, 0.05) is 26.9 Å². The average Bonchev–Trinajstić information content (AvgIpc) is 2.46. The Morgan fingerprint density at radius 3 is 2.63 bits per heavy atom. The number of benzene rings is 1. The van der Waals surface area contributed by atoms with E-state index in [1.165, 1.54) is 5.56 Å². The molecule has 0 amide bonds. The number of methoxy groups -OCH3 is 2. The number of ether oxygens (including phenoxy) is 3. The van der Waals surface area contributed by atoms with Gasteiger partial charge in [-0.15, -0.1) is 0 Å². The first kappa shape index (κ1) is 16.0. The molecule has 0 radical (unpaired) electrons. The van der Waals surface area contributed by atoms with Gasteiger partial charge in [0.05, 0.1) is 13.7 Å². The normalized spacial score (nSPS) is 10.6. The molecular formula is C15H25NO3. The molecule has 0 aromatic heterocycles. The van der Waals surface area contributed by atoms with Crippen molar-refractivity contribution in [3.05, 3.63) is 29.8 Å². The molecule has 0 aliphatic rings. The van der Waals surface area contributed by atoms with Crippen LogP contribution < -0.4 is 10.1 Å². The zero-order valence-electron chi connectivity index (χ0n) is 12.0. The summed E-state index contributed by atoms with van der Waals surface area (Å²) in [6.07, 6.45) is 1.92. The number of rotatable bonds is 11. The van der Waals surface area contributed by atoms with Crippen LogP contribution in [0, 0.1) is 0 Å². The van der Waals surface area contributed by atoms with Crippen LogP contribution >= 0.6 is 0 Å². The van der Waals surface area contributed by atoms with E-state index in [9.17, 15) is 0 Å². The van der Waals surface area contributed by atoms with Crippen molar-refractivity contribution >= 4 is 0 Å². The summed E-state index contributed by atoms with van der Waals surface area (Å²) in [6, 6.07) is 8.12. The Kier molecular flexibility index (Phi) is 9.06. The minimum absolute atomic E-state index is 0.746. The highest BCUT2D eigenvalue weighted by Gasteiger charge is 2.00. The second-order valence-corrected chi connectivity index (χ2v) is 4.27. The van der Waals surface area contributed by atoms with Crippen LogP contribution in [0.25, 0.3) is 0 Å². The molecular weight excluding hydrogens is 242 g/mol. The third-order valence-corrected chi connectivity index (χ3v) is 2.82. The van der Waals surface area contributed by atoms with Crippen molar-refractivity contribution in [1.29, 1.82) is 0 Å². The van der Waals surface area contributed by atoms with E-state index in [1.54, 1.807) is 14.2 Å². The molecule has 0 unspecified atom stereocenters. The van der Waals surface area contributed by atoms with Gasteiger partial charge >= 0.3 is 0 Å². The zero-order valence-corrected chi connectivity index (χ0v) is 12.0. The highest BCUT2D eigenvalue weighted by atomic mass is 16.5. The molecule has 1 rings (SSSR count). The summed E-state index contributed by atoms with van der Waals surface area (Å²) in [5.74, 6) is 0.958. The van der Waals surface area contributed by atoms with E-state index in [0.717, 1.165) is 51.5 Å². The van der Waals surface area contributed by atoms with E-state index >= 15 is 0 Å². The lowest BCUT2D eigenvalue weighted by atomic mass is 10.1. The molecule has 0 saturated heterocycles. The molecule has 4 heteroatoms. The van der Waals surface area contributed by atoms with Gasteiger partial charge in [-0.05, 0) is 31.0 Å². The lowest BCUT2D eigenvalue weighted by Crippen LogP contribution is -2.22. The van der Waals surface area contributed by atoms with Gasteiger partial charge in [-0.2, -0.15) is 0 Å². The highest BCUT2D eigenvalue weighted by molar-refractivity contribution is 5.33. The molecule has 0 atom stereocenters. The lowest BCUT2D eigenvalue weighted by Gasteiger charge is -2.09. The van der Waals surface area contributed by atoms with Gasteiger partial charge in [-0.25, -0.2) is 0 Å². The van der Waals surface area contributed by atoms with Crippen LogP contribution in [-0.4, -0.2) is 47.1 Å². The molecule has 1 aromatic carbocycles. The van der Waals surface area contributed by atoms with E-state index < -0.39 is 0 Å². The maximum absolute atomic E-state index is 5.47. The Morgan fingerprint density at radius 1 is 1.00 bits per heavy atom. The van der Waals surface area contributed by atoms with Crippen molar-refractivity contribution in [2.45, 2.75) is 12.8 Å². The lowest BCUT2D eigenvalue weighted by molar-refractivity contribution is 0.104. The average molecular weight is 267 g/mol. The van der Waals surface area contributed by atoms with Crippen LogP contribution in [0.15, 0.2) is 24.3 Å². The molecule has 0 fully saturated rings. The van der Waals surface area contributed by atoms with Gasteiger partial charge < -0.3 is 19.5 Å². The number of para-hydroxylation sites is 1. The quantitative estimate of drug-likeness (QED) is 0.621. The van der Waals surface area contributed by atoms with Gasteiger partial charge in [-0.3, -0.25) is 0 Å². The Hall–Kier alpha value is -1.10. The molecule has 0 aliphatic heterocycles. The highest BCUT2D eigenvalue weighted by Crippen LogP contribution is 2.16. The standard InChI is InChI=1S/C15H25NO3/c1-17-11-5-12-19-13-10-16-9-8-14-6-3-4-7-15(14)18-2/h3-4,6-7,16H,5,8-13H2,1-2H3. The minimum atomic E-state index is 0.746. The number of hydrogen-bond acceptors (Lipinski definition) is 4. The molecule has 0 saturated carbocycles. The molecule has 0 aliphatic carbocycles. The van der Waals surface area contributed by atoms with Gasteiger partial charge in [0.1, 0.15) is 5.75 Å². The Labute approximate surface area is 116 Å². The van der Waals surface area contributed by atoms with Crippen LogP contribution in [0.1, 0.15) is 12.0 Å². The van der Waals surface area contributed by atoms with Gasteiger partial charge in [-0.1, -0.05) is 18.2 Å². The fraction of sp³-hybridized carbons (Fsp3) is 0.600. The van der Waals surface area contributed by atoms with Gasteiger partial charge in [0.15, 0.2) is 0 Å². The van der Waals surface area contributed by atoms with Crippen molar-refractivity contribution in [2.75, 3.05) is 47.1 Å². The second kappa shape index (κ2) is 10.8. The summed E-state index contributed by atoms with van der Waals surface area (Å²) >= 11 is 0. The maximum Gasteiger partial charge on any atom is 0.122 e. The monoisotopic (exact) mass is 267 g/mol. The van der Waals surface area contributed by atoms with Crippen molar-refractivity contribution in [3.63, 3.8) is 0 Å². The molecule has 19 heavy (non-hydrogen) atoms. The van der Waals surface area contributed by atoms with Crippen LogP contribution in [0.3, 0.4) is 0 Å². The van der Waals surface area contributed by atoms with E-state index in [1.807, 2.05) is 18.2 Å². The van der Waals surface area contributed by atoms with Crippen molar-refractivity contribution in [3.8, 4) is 5.75 Å². The molecule has 0 heterocycles. The Morgan fingerprint density at radius 2 is 1.84 bits per heavy atom. The fourth-order valence-corrected chi connectivity index (χ4v) is 1.81. The smallest absolute Gasteiger partial charge is 0.122 e. The van der Waals surface area contributed by atoms with Crippen molar-refractivity contribution < 1.29 is 14.2 Å². The third kappa shape index (κ3) is 7.15. The number of nitrogens with one attached hydrogen (secondary N) is 1. The molecule has 4 nitrogen and oxygen atoms in total. The first-order chi connectivity index (χ1) is 9.38. The summed E-state index contributed by atoms with van der Waals surface area (Å²) in [6.45, 7) is 4.09. The predicted octanol–water partition coefficient (Wildman–Crippen LogP) is 1.88. The SMILES string of the molecule is COCCCOCCNCCc1ccccc1OC. The summed E-state index contributed by atoms with van der Waals surface area (Å²) in [4.78, 5) is 0. The Balaban J connectivity index is 2.01. The second-order valence-electron chi connectivity index (χ2n) is 4.27. The summed E-state index contributed by atoms with van der Waals surface area (Å²) in [5, 5.41) is 3.36.